The number of rotatable bonds is 9. The minimum Gasteiger partial charge on any atom is -0.368 e. The highest BCUT2D eigenvalue weighted by Gasteiger charge is 2.33. The first-order valence-corrected chi connectivity index (χ1v) is 10.5. The number of amides is 3. The van der Waals surface area contributed by atoms with E-state index in [2.05, 4.69) is 10.6 Å². The summed E-state index contributed by atoms with van der Waals surface area (Å²) in [5.74, 6) is -1.94. The zero-order valence-electron chi connectivity index (χ0n) is 17.9. The lowest BCUT2D eigenvalue weighted by Gasteiger charge is -2.28. The van der Waals surface area contributed by atoms with Crippen LogP contribution in [-0.4, -0.2) is 29.8 Å². The zero-order chi connectivity index (χ0) is 22.9. The topological polar surface area (TPSA) is 101 Å². The van der Waals surface area contributed by atoms with Gasteiger partial charge in [-0.3, -0.25) is 14.4 Å². The number of carbonyl (C=O) groups is 3. The van der Waals surface area contributed by atoms with Gasteiger partial charge < -0.3 is 16.4 Å². The molecule has 6 nitrogen and oxygen atoms in total. The van der Waals surface area contributed by atoms with Crippen molar-refractivity contribution in [3.8, 4) is 0 Å². The molecule has 6 heteroatoms. The van der Waals surface area contributed by atoms with Crippen molar-refractivity contribution in [2.45, 2.75) is 31.3 Å². The Bertz CT molecular complexity index is 1000. The molecule has 2 atom stereocenters. The molecule has 0 aliphatic rings. The predicted molar refractivity (Wildman–Crippen MR) is 124 cm³/mol. The Morgan fingerprint density at radius 3 is 1.66 bits per heavy atom. The van der Waals surface area contributed by atoms with Crippen LogP contribution in [0.4, 0.5) is 0 Å². The Labute approximate surface area is 187 Å². The van der Waals surface area contributed by atoms with Gasteiger partial charge in [0.05, 0.1) is 0 Å². The molecule has 3 aromatic carbocycles. The van der Waals surface area contributed by atoms with Crippen LogP contribution < -0.4 is 16.4 Å². The fourth-order valence-electron chi connectivity index (χ4n) is 3.78. The molecule has 0 saturated carbocycles. The summed E-state index contributed by atoms with van der Waals surface area (Å²) in [6.07, 6.45) is 0.291. The third kappa shape index (κ3) is 6.04. The van der Waals surface area contributed by atoms with E-state index < -0.39 is 29.8 Å². The fourth-order valence-corrected chi connectivity index (χ4v) is 3.78. The van der Waals surface area contributed by atoms with Crippen LogP contribution in [0.1, 0.15) is 29.5 Å². The number of nitrogens with one attached hydrogen (secondary N) is 2. The maximum absolute atomic E-state index is 13.2. The summed E-state index contributed by atoms with van der Waals surface area (Å²) in [5.41, 5.74) is 8.36. The Balaban J connectivity index is 1.92. The Morgan fingerprint density at radius 2 is 1.22 bits per heavy atom. The van der Waals surface area contributed by atoms with Crippen molar-refractivity contribution in [3.05, 3.63) is 108 Å². The lowest BCUT2D eigenvalue weighted by molar-refractivity contribution is -0.131. The Morgan fingerprint density at radius 1 is 0.750 bits per heavy atom. The van der Waals surface area contributed by atoms with Gasteiger partial charge in [-0.25, -0.2) is 0 Å². The highest BCUT2D eigenvalue weighted by atomic mass is 16.2. The molecule has 0 aliphatic carbocycles. The first-order valence-electron chi connectivity index (χ1n) is 10.5. The van der Waals surface area contributed by atoms with Crippen molar-refractivity contribution in [3.63, 3.8) is 0 Å². The monoisotopic (exact) mass is 429 g/mol. The van der Waals surface area contributed by atoms with Crippen molar-refractivity contribution < 1.29 is 14.4 Å². The summed E-state index contributed by atoms with van der Waals surface area (Å²) in [5, 5.41) is 5.50. The van der Waals surface area contributed by atoms with E-state index in [1.807, 2.05) is 91.0 Å². The molecule has 0 bridgehead atoms. The number of benzene rings is 3. The van der Waals surface area contributed by atoms with Crippen molar-refractivity contribution in [2.24, 2.45) is 5.73 Å². The van der Waals surface area contributed by atoms with Gasteiger partial charge in [0.1, 0.15) is 12.1 Å². The van der Waals surface area contributed by atoms with E-state index in [9.17, 15) is 14.4 Å². The van der Waals surface area contributed by atoms with E-state index in [1.165, 1.54) is 6.92 Å². The molecule has 0 aromatic heterocycles. The molecular weight excluding hydrogens is 402 g/mol. The number of primary amides is 1. The van der Waals surface area contributed by atoms with Crippen molar-refractivity contribution in [1.82, 2.24) is 10.6 Å². The average Bonchev–Trinajstić information content (AvgIpc) is 2.80. The van der Waals surface area contributed by atoms with E-state index >= 15 is 0 Å². The van der Waals surface area contributed by atoms with Crippen LogP contribution in [0.25, 0.3) is 0 Å². The van der Waals surface area contributed by atoms with Gasteiger partial charge in [0.25, 0.3) is 0 Å². The maximum Gasteiger partial charge on any atom is 0.243 e. The predicted octanol–water partition coefficient (Wildman–Crippen LogP) is 2.54. The molecule has 0 fully saturated rings. The molecule has 0 heterocycles. The summed E-state index contributed by atoms with van der Waals surface area (Å²) in [6, 6.07) is 26.4. The third-order valence-corrected chi connectivity index (χ3v) is 5.23. The highest BCUT2D eigenvalue weighted by Crippen LogP contribution is 2.28. The highest BCUT2D eigenvalue weighted by molar-refractivity contribution is 5.92. The molecule has 3 amide bonds. The second-order valence-electron chi connectivity index (χ2n) is 7.63. The van der Waals surface area contributed by atoms with Gasteiger partial charge in [-0.05, 0) is 16.7 Å². The van der Waals surface area contributed by atoms with E-state index in [0.29, 0.717) is 6.42 Å². The molecule has 32 heavy (non-hydrogen) atoms. The standard InChI is InChI=1S/C26H27N3O3/c1-18(30)28-22(17-19-11-5-2-6-12-19)26(32)29-24(25(27)31)23(20-13-7-3-8-14-20)21-15-9-4-10-16-21/h2-16,22-24H,17H2,1H3,(H2,27,31)(H,28,30)(H,29,32)/t22-,24-/m1/s1. The lowest BCUT2D eigenvalue weighted by atomic mass is 9.84. The summed E-state index contributed by atoms with van der Waals surface area (Å²) in [7, 11) is 0. The molecule has 0 spiro atoms. The van der Waals surface area contributed by atoms with Crippen LogP contribution >= 0.6 is 0 Å². The number of hydrogen-bond acceptors (Lipinski definition) is 3. The molecule has 0 radical (unpaired) electrons. The van der Waals surface area contributed by atoms with E-state index in [-0.39, 0.29) is 5.91 Å². The summed E-state index contributed by atoms with van der Waals surface area (Å²) >= 11 is 0. The van der Waals surface area contributed by atoms with Crippen molar-refractivity contribution in [2.75, 3.05) is 0 Å². The Hall–Kier alpha value is -3.93. The van der Waals surface area contributed by atoms with E-state index in [0.717, 1.165) is 16.7 Å². The number of hydrogen-bond donors (Lipinski definition) is 3. The summed E-state index contributed by atoms with van der Waals surface area (Å²) in [6.45, 7) is 1.35. The fraction of sp³-hybridized carbons (Fsp3) is 0.192. The lowest BCUT2D eigenvalue weighted by Crippen LogP contribution is -2.55. The quantitative estimate of drug-likeness (QED) is 0.487. The van der Waals surface area contributed by atoms with E-state index in [1.54, 1.807) is 0 Å². The van der Waals surface area contributed by atoms with Crippen LogP contribution in [0.5, 0.6) is 0 Å². The molecule has 164 valence electrons. The SMILES string of the molecule is CC(=O)N[C@H](Cc1ccccc1)C(=O)N[C@@H](C(N)=O)C(c1ccccc1)c1ccccc1. The van der Waals surface area contributed by atoms with Crippen LogP contribution in [0.2, 0.25) is 0 Å². The van der Waals surface area contributed by atoms with Gasteiger partial charge in [0.15, 0.2) is 0 Å². The molecule has 0 unspecified atom stereocenters. The first-order chi connectivity index (χ1) is 15.5. The molecule has 0 saturated heterocycles. The van der Waals surface area contributed by atoms with Gasteiger partial charge in [-0.15, -0.1) is 0 Å². The third-order valence-electron chi connectivity index (χ3n) is 5.23. The van der Waals surface area contributed by atoms with Gasteiger partial charge in [-0.1, -0.05) is 91.0 Å². The second-order valence-corrected chi connectivity index (χ2v) is 7.63. The zero-order valence-corrected chi connectivity index (χ0v) is 17.9. The maximum atomic E-state index is 13.2. The van der Waals surface area contributed by atoms with Gasteiger partial charge in [-0.2, -0.15) is 0 Å². The minimum atomic E-state index is -1.00. The molecule has 0 aliphatic heterocycles. The Kier molecular flexibility index (Phi) is 7.75. The minimum absolute atomic E-state index is 0.291. The average molecular weight is 430 g/mol. The van der Waals surface area contributed by atoms with Crippen molar-refractivity contribution >= 4 is 17.7 Å². The van der Waals surface area contributed by atoms with Crippen LogP contribution in [-0.2, 0) is 20.8 Å². The first kappa shape index (κ1) is 22.7. The van der Waals surface area contributed by atoms with Gasteiger partial charge in [0.2, 0.25) is 17.7 Å². The van der Waals surface area contributed by atoms with Crippen LogP contribution in [0.15, 0.2) is 91.0 Å². The van der Waals surface area contributed by atoms with Gasteiger partial charge >= 0.3 is 0 Å². The summed E-state index contributed by atoms with van der Waals surface area (Å²) < 4.78 is 0. The molecule has 4 N–H and O–H groups in total. The molecule has 3 aromatic rings. The summed E-state index contributed by atoms with van der Waals surface area (Å²) in [4.78, 5) is 37.5. The van der Waals surface area contributed by atoms with Crippen LogP contribution in [0, 0.1) is 0 Å². The van der Waals surface area contributed by atoms with Gasteiger partial charge in [0, 0.05) is 19.3 Å². The normalized spacial score (nSPS) is 12.6. The van der Waals surface area contributed by atoms with Crippen molar-refractivity contribution in [1.29, 1.82) is 0 Å². The van der Waals surface area contributed by atoms with Crippen LogP contribution in [0.3, 0.4) is 0 Å². The molecular formula is C26H27N3O3. The largest absolute Gasteiger partial charge is 0.368 e. The molecule has 3 rings (SSSR count). The second kappa shape index (κ2) is 10.9. The van der Waals surface area contributed by atoms with E-state index in [4.69, 9.17) is 5.73 Å². The number of carbonyl (C=O) groups excluding carboxylic acids is 3. The number of nitrogens with two attached hydrogens (primary N) is 1. The smallest absolute Gasteiger partial charge is 0.243 e.